The third-order valence-corrected chi connectivity index (χ3v) is 2.29. The maximum Gasteiger partial charge on any atom is 0.359 e. The van der Waals surface area contributed by atoms with Crippen molar-refractivity contribution in [2.24, 2.45) is 5.16 Å². The Morgan fingerprint density at radius 1 is 1.38 bits per heavy atom. The van der Waals surface area contributed by atoms with Crippen molar-refractivity contribution in [2.75, 3.05) is 5.32 Å². The third kappa shape index (κ3) is 2.77. The molecule has 2 aromatic rings. The van der Waals surface area contributed by atoms with Crippen molar-refractivity contribution >= 4 is 28.6 Å². The summed E-state index contributed by atoms with van der Waals surface area (Å²) in [5.74, 6) is 0. The molecule has 1 aromatic heterocycles. The zero-order valence-electron chi connectivity index (χ0n) is 8.62. The minimum absolute atomic E-state index is 0.251. The fraction of sp³-hybridized carbons (Fsp3) is 0.100. The third-order valence-electron chi connectivity index (χ3n) is 1.67. The molecule has 0 unspecified atom stereocenters. The quantitative estimate of drug-likeness (QED) is 0.652. The molecule has 6 heteroatoms. The van der Waals surface area contributed by atoms with E-state index in [0.717, 1.165) is 5.69 Å². The van der Waals surface area contributed by atoms with E-state index in [1.54, 1.807) is 6.92 Å². The van der Waals surface area contributed by atoms with E-state index in [0.29, 0.717) is 5.13 Å². The van der Waals surface area contributed by atoms with E-state index in [1.807, 2.05) is 30.3 Å². The fourth-order valence-electron chi connectivity index (χ4n) is 1.04. The van der Waals surface area contributed by atoms with Crippen molar-refractivity contribution in [1.29, 1.82) is 0 Å². The first-order chi connectivity index (χ1) is 7.88. The molecule has 1 N–H and O–H groups in total. The second-order valence-electron chi connectivity index (χ2n) is 2.83. The Hall–Kier alpha value is -1.95. The van der Waals surface area contributed by atoms with E-state index in [9.17, 15) is 0 Å². The normalized spacial score (nSPS) is 10.6. The molecular formula is C10H10N4OS. The monoisotopic (exact) mass is 234 g/mol. The highest BCUT2D eigenvalue weighted by molar-refractivity contribution is 7.09. The lowest BCUT2D eigenvalue weighted by Crippen LogP contribution is -1.89. The number of hydrogen-bond donors (Lipinski definition) is 1. The van der Waals surface area contributed by atoms with Gasteiger partial charge in [0.2, 0.25) is 5.13 Å². The maximum absolute atomic E-state index is 4.89. The molecule has 0 aliphatic heterocycles. The highest BCUT2D eigenvalue weighted by atomic mass is 32.1. The van der Waals surface area contributed by atoms with Crippen LogP contribution in [0.4, 0.5) is 10.8 Å². The zero-order chi connectivity index (χ0) is 11.2. The molecule has 0 radical (unpaired) electrons. The molecular weight excluding hydrogens is 224 g/mol. The summed E-state index contributed by atoms with van der Waals surface area (Å²) in [6, 6.07) is 10.00. The van der Waals surface area contributed by atoms with E-state index in [4.69, 9.17) is 4.84 Å². The molecule has 0 atom stereocenters. The van der Waals surface area contributed by atoms with Gasteiger partial charge in [-0.1, -0.05) is 23.4 Å². The first kappa shape index (κ1) is 10.6. The van der Waals surface area contributed by atoms with Crippen LogP contribution in [0.3, 0.4) is 0 Å². The number of para-hydroxylation sites is 1. The van der Waals surface area contributed by atoms with Gasteiger partial charge in [-0.15, -0.1) is 4.37 Å². The van der Waals surface area contributed by atoms with E-state index in [-0.39, 0.29) is 6.01 Å². The molecule has 1 heterocycles. The Kier molecular flexibility index (Phi) is 3.45. The van der Waals surface area contributed by atoms with Crippen molar-refractivity contribution in [2.45, 2.75) is 6.92 Å². The molecule has 0 aliphatic carbocycles. The molecule has 0 aliphatic rings. The Morgan fingerprint density at radius 2 is 2.19 bits per heavy atom. The van der Waals surface area contributed by atoms with Gasteiger partial charge in [0.05, 0.1) is 0 Å². The highest BCUT2D eigenvalue weighted by Crippen LogP contribution is 2.20. The molecule has 16 heavy (non-hydrogen) atoms. The summed E-state index contributed by atoms with van der Waals surface area (Å²) < 4.78 is 3.98. The van der Waals surface area contributed by atoms with E-state index in [2.05, 4.69) is 19.8 Å². The average Bonchev–Trinajstić information content (AvgIpc) is 2.75. The van der Waals surface area contributed by atoms with Crippen LogP contribution >= 0.6 is 11.5 Å². The van der Waals surface area contributed by atoms with E-state index < -0.39 is 0 Å². The number of oxime groups is 1. The molecule has 0 fully saturated rings. The number of aromatic nitrogens is 2. The molecule has 0 bridgehead atoms. The van der Waals surface area contributed by atoms with Gasteiger partial charge in [0, 0.05) is 23.4 Å². The first-order valence-electron chi connectivity index (χ1n) is 4.69. The Bertz CT molecular complexity index is 469. The SMILES string of the molecule is C/C=N\Oc1nsc(Nc2ccccc2)n1. The second-order valence-corrected chi connectivity index (χ2v) is 3.58. The summed E-state index contributed by atoms with van der Waals surface area (Å²) >= 11 is 1.22. The average molecular weight is 234 g/mol. The van der Waals surface area contributed by atoms with Crippen molar-refractivity contribution in [3.8, 4) is 6.01 Å². The van der Waals surface area contributed by atoms with Gasteiger partial charge in [-0.25, -0.2) is 0 Å². The van der Waals surface area contributed by atoms with Crippen LogP contribution in [-0.2, 0) is 0 Å². The van der Waals surface area contributed by atoms with E-state index >= 15 is 0 Å². The van der Waals surface area contributed by atoms with E-state index in [1.165, 1.54) is 17.7 Å². The predicted octanol–water partition coefficient (Wildman–Crippen LogP) is 2.67. The molecule has 5 nitrogen and oxygen atoms in total. The maximum atomic E-state index is 4.89. The summed E-state index contributed by atoms with van der Waals surface area (Å²) in [5, 5.41) is 7.38. The largest absolute Gasteiger partial charge is 0.359 e. The summed E-state index contributed by atoms with van der Waals surface area (Å²) in [6.45, 7) is 1.76. The van der Waals surface area contributed by atoms with Gasteiger partial charge in [0.1, 0.15) is 0 Å². The van der Waals surface area contributed by atoms with Gasteiger partial charge in [-0.05, 0) is 19.1 Å². The predicted molar refractivity (Wildman–Crippen MR) is 64.4 cm³/mol. The van der Waals surface area contributed by atoms with Gasteiger partial charge in [0.25, 0.3) is 0 Å². The lowest BCUT2D eigenvalue weighted by atomic mass is 10.3. The van der Waals surface area contributed by atoms with Crippen LogP contribution in [0, 0.1) is 0 Å². The van der Waals surface area contributed by atoms with Crippen molar-refractivity contribution in [1.82, 2.24) is 9.36 Å². The molecule has 1 aromatic carbocycles. The standard InChI is InChI=1S/C10H10N4OS/c1-2-11-15-9-13-10(16-14-9)12-8-6-4-3-5-7-8/h2-7H,1H3,(H,12,13,14)/b11-2-. The topological polar surface area (TPSA) is 59.4 Å². The molecule has 0 saturated heterocycles. The molecule has 0 spiro atoms. The number of nitrogens with zero attached hydrogens (tertiary/aromatic N) is 3. The van der Waals surface area contributed by atoms with Gasteiger partial charge in [0.15, 0.2) is 0 Å². The molecule has 82 valence electrons. The lowest BCUT2D eigenvalue weighted by Gasteiger charge is -1.99. The van der Waals surface area contributed by atoms with Gasteiger partial charge in [-0.3, -0.25) is 0 Å². The minimum atomic E-state index is 0.251. The molecule has 0 amide bonds. The van der Waals surface area contributed by atoms with Crippen LogP contribution in [-0.4, -0.2) is 15.6 Å². The summed E-state index contributed by atoms with van der Waals surface area (Å²) in [4.78, 5) is 8.99. The van der Waals surface area contributed by atoms with Gasteiger partial charge < -0.3 is 10.2 Å². The second kappa shape index (κ2) is 5.22. The van der Waals surface area contributed by atoms with Crippen molar-refractivity contribution in [3.63, 3.8) is 0 Å². The lowest BCUT2D eigenvalue weighted by molar-refractivity contribution is 0.320. The Balaban J connectivity index is 2.03. The van der Waals surface area contributed by atoms with Crippen molar-refractivity contribution < 1.29 is 4.84 Å². The number of hydrogen-bond acceptors (Lipinski definition) is 6. The minimum Gasteiger partial charge on any atom is -0.330 e. The van der Waals surface area contributed by atoms with Crippen LogP contribution in [0.15, 0.2) is 35.5 Å². The Labute approximate surface area is 97.0 Å². The first-order valence-corrected chi connectivity index (χ1v) is 5.46. The zero-order valence-corrected chi connectivity index (χ0v) is 9.44. The summed E-state index contributed by atoms with van der Waals surface area (Å²) in [5.41, 5.74) is 0.962. The number of rotatable bonds is 4. The number of nitrogens with one attached hydrogen (secondary N) is 1. The van der Waals surface area contributed by atoms with Crippen molar-refractivity contribution in [3.05, 3.63) is 30.3 Å². The van der Waals surface area contributed by atoms with Crippen LogP contribution in [0.25, 0.3) is 0 Å². The van der Waals surface area contributed by atoms with Gasteiger partial charge in [-0.2, -0.15) is 4.98 Å². The van der Waals surface area contributed by atoms with Crippen LogP contribution in [0.1, 0.15) is 6.92 Å². The van der Waals surface area contributed by atoms with Crippen LogP contribution in [0.5, 0.6) is 6.01 Å². The number of benzene rings is 1. The van der Waals surface area contributed by atoms with Gasteiger partial charge >= 0.3 is 6.01 Å². The molecule has 2 rings (SSSR count). The molecule has 0 saturated carbocycles. The van der Waals surface area contributed by atoms with Crippen LogP contribution < -0.4 is 10.2 Å². The van der Waals surface area contributed by atoms with Crippen LogP contribution in [0.2, 0.25) is 0 Å². The summed E-state index contributed by atoms with van der Waals surface area (Å²) in [6.07, 6.45) is 1.53. The summed E-state index contributed by atoms with van der Waals surface area (Å²) in [7, 11) is 0. The number of anilines is 2. The smallest absolute Gasteiger partial charge is 0.330 e. The fourth-order valence-corrected chi connectivity index (χ4v) is 1.56. The highest BCUT2D eigenvalue weighted by Gasteiger charge is 2.04. The Morgan fingerprint density at radius 3 is 2.94 bits per heavy atom.